The first kappa shape index (κ1) is 17.2. The number of hydrogen-bond acceptors (Lipinski definition) is 4. The van der Waals surface area contributed by atoms with E-state index in [1.54, 1.807) is 18.0 Å². The molecular formula is C14H23N3O4. The van der Waals surface area contributed by atoms with E-state index in [-0.39, 0.29) is 24.3 Å². The third-order valence-electron chi connectivity index (χ3n) is 3.74. The second-order valence-corrected chi connectivity index (χ2v) is 5.40. The van der Waals surface area contributed by atoms with Crippen LogP contribution in [0.2, 0.25) is 0 Å². The summed E-state index contributed by atoms with van der Waals surface area (Å²) in [5.41, 5.74) is 0. The summed E-state index contributed by atoms with van der Waals surface area (Å²) in [6.45, 7) is 7.24. The van der Waals surface area contributed by atoms with Crippen molar-refractivity contribution in [3.8, 4) is 0 Å². The number of carbonyl (C=O) groups excluding carboxylic acids is 2. The summed E-state index contributed by atoms with van der Waals surface area (Å²) in [4.78, 5) is 37.4. The van der Waals surface area contributed by atoms with Gasteiger partial charge in [0, 0.05) is 27.4 Å². The molecule has 1 aliphatic rings. The molecule has 2 N–H and O–H groups in total. The van der Waals surface area contributed by atoms with E-state index in [9.17, 15) is 19.5 Å². The molecule has 0 radical (unpaired) electrons. The molecule has 1 aliphatic heterocycles. The number of carbonyl (C=O) groups is 3. The number of carboxylic acids is 1. The van der Waals surface area contributed by atoms with Gasteiger partial charge in [-0.1, -0.05) is 6.08 Å². The van der Waals surface area contributed by atoms with E-state index in [0.717, 1.165) is 0 Å². The first-order valence-corrected chi connectivity index (χ1v) is 6.86. The Morgan fingerprint density at radius 1 is 1.48 bits per heavy atom. The number of hydrogen-bond donors (Lipinski definition) is 2. The van der Waals surface area contributed by atoms with Gasteiger partial charge in [-0.2, -0.15) is 0 Å². The van der Waals surface area contributed by atoms with E-state index in [2.05, 4.69) is 11.9 Å². The van der Waals surface area contributed by atoms with Crippen LogP contribution in [-0.2, 0) is 14.4 Å². The Kier molecular flexibility index (Phi) is 5.90. The van der Waals surface area contributed by atoms with Crippen LogP contribution in [0, 0.1) is 5.92 Å². The van der Waals surface area contributed by atoms with Crippen LogP contribution in [-0.4, -0.2) is 65.0 Å². The number of aliphatic carboxylic acids is 1. The molecule has 0 aromatic rings. The molecule has 1 heterocycles. The molecule has 21 heavy (non-hydrogen) atoms. The molecule has 0 bridgehead atoms. The fourth-order valence-electron chi connectivity index (χ4n) is 2.51. The zero-order chi connectivity index (χ0) is 16.2. The largest absolute Gasteiger partial charge is 0.480 e. The Morgan fingerprint density at radius 2 is 2.10 bits per heavy atom. The number of nitrogens with one attached hydrogen (secondary N) is 1. The monoisotopic (exact) mass is 297 g/mol. The second-order valence-electron chi connectivity index (χ2n) is 5.40. The molecule has 3 atom stereocenters. The van der Waals surface area contributed by atoms with E-state index in [1.807, 2.05) is 0 Å². The van der Waals surface area contributed by atoms with Gasteiger partial charge in [-0.15, -0.1) is 6.58 Å². The lowest BCUT2D eigenvalue weighted by atomic mass is 10.1. The minimum atomic E-state index is -0.930. The molecule has 0 aromatic heterocycles. The van der Waals surface area contributed by atoms with Gasteiger partial charge >= 0.3 is 5.97 Å². The van der Waals surface area contributed by atoms with Gasteiger partial charge in [0.25, 0.3) is 0 Å². The maximum Gasteiger partial charge on any atom is 0.321 e. The smallest absolute Gasteiger partial charge is 0.321 e. The van der Waals surface area contributed by atoms with E-state index in [0.29, 0.717) is 13.0 Å². The lowest BCUT2D eigenvalue weighted by molar-refractivity contribution is -0.144. The number of amides is 2. The zero-order valence-corrected chi connectivity index (χ0v) is 12.7. The van der Waals surface area contributed by atoms with Crippen molar-refractivity contribution in [1.82, 2.24) is 15.1 Å². The van der Waals surface area contributed by atoms with Crippen LogP contribution >= 0.6 is 0 Å². The predicted molar refractivity (Wildman–Crippen MR) is 77.3 cm³/mol. The van der Waals surface area contributed by atoms with Crippen LogP contribution in [0.15, 0.2) is 12.7 Å². The SMILES string of the molecule is C=C[C@@H]1C[C@@H](C(=O)O)N(C(CN(C)C(C)=O)NC(C)=O)C1. The van der Waals surface area contributed by atoms with Crippen molar-refractivity contribution in [3.63, 3.8) is 0 Å². The molecule has 0 aromatic carbocycles. The van der Waals surface area contributed by atoms with Crippen LogP contribution in [0.5, 0.6) is 0 Å². The van der Waals surface area contributed by atoms with Gasteiger partial charge in [0.1, 0.15) is 12.2 Å². The fourth-order valence-corrected chi connectivity index (χ4v) is 2.51. The summed E-state index contributed by atoms with van der Waals surface area (Å²) >= 11 is 0. The molecule has 1 unspecified atom stereocenters. The third kappa shape index (κ3) is 4.56. The Labute approximate surface area is 124 Å². The molecule has 0 saturated carbocycles. The molecule has 1 rings (SSSR count). The molecule has 0 aliphatic carbocycles. The van der Waals surface area contributed by atoms with Crippen molar-refractivity contribution in [3.05, 3.63) is 12.7 Å². The van der Waals surface area contributed by atoms with Crippen LogP contribution in [0.1, 0.15) is 20.3 Å². The minimum absolute atomic E-state index is 0.0602. The predicted octanol–water partition coefficient (Wildman–Crippen LogP) is -0.112. The fraction of sp³-hybridized carbons (Fsp3) is 0.643. The van der Waals surface area contributed by atoms with Gasteiger partial charge in [-0.3, -0.25) is 19.3 Å². The van der Waals surface area contributed by atoms with Crippen molar-refractivity contribution in [2.24, 2.45) is 5.92 Å². The van der Waals surface area contributed by atoms with Gasteiger partial charge in [0.15, 0.2) is 0 Å². The molecule has 2 amide bonds. The number of nitrogens with zero attached hydrogens (tertiary/aromatic N) is 2. The summed E-state index contributed by atoms with van der Waals surface area (Å²) in [5.74, 6) is -1.27. The minimum Gasteiger partial charge on any atom is -0.480 e. The number of likely N-dealkylation sites (N-methyl/N-ethyl adjacent to an activating group) is 1. The average molecular weight is 297 g/mol. The lowest BCUT2D eigenvalue weighted by Crippen LogP contribution is -2.56. The lowest BCUT2D eigenvalue weighted by Gasteiger charge is -2.34. The molecule has 0 spiro atoms. The van der Waals surface area contributed by atoms with Crippen molar-refractivity contribution < 1.29 is 19.5 Å². The highest BCUT2D eigenvalue weighted by Gasteiger charge is 2.40. The topological polar surface area (TPSA) is 89.9 Å². The van der Waals surface area contributed by atoms with E-state index >= 15 is 0 Å². The molecule has 7 nitrogen and oxygen atoms in total. The normalized spacial score (nSPS) is 23.4. The quantitative estimate of drug-likeness (QED) is 0.668. The number of likely N-dealkylation sites (tertiary alicyclic amines) is 1. The van der Waals surface area contributed by atoms with E-state index in [1.165, 1.54) is 18.7 Å². The van der Waals surface area contributed by atoms with Crippen molar-refractivity contribution >= 4 is 17.8 Å². The van der Waals surface area contributed by atoms with E-state index in [4.69, 9.17) is 0 Å². The van der Waals surface area contributed by atoms with Gasteiger partial charge < -0.3 is 15.3 Å². The Hall–Kier alpha value is -1.89. The summed E-state index contributed by atoms with van der Waals surface area (Å²) in [5, 5.41) is 12.1. The van der Waals surface area contributed by atoms with Gasteiger partial charge in [-0.05, 0) is 12.3 Å². The Bertz CT molecular complexity index is 438. The third-order valence-corrected chi connectivity index (χ3v) is 3.74. The van der Waals surface area contributed by atoms with Crippen molar-refractivity contribution in [1.29, 1.82) is 0 Å². The maximum absolute atomic E-state index is 11.4. The maximum atomic E-state index is 11.4. The van der Waals surface area contributed by atoms with E-state index < -0.39 is 18.2 Å². The first-order chi connectivity index (χ1) is 9.76. The van der Waals surface area contributed by atoms with Gasteiger partial charge in [-0.25, -0.2) is 0 Å². The number of rotatable bonds is 6. The molecule has 1 fully saturated rings. The second kappa shape index (κ2) is 7.21. The molecule has 118 valence electrons. The molecule has 1 saturated heterocycles. The van der Waals surface area contributed by atoms with Crippen molar-refractivity contribution in [2.75, 3.05) is 20.1 Å². The summed E-state index contributed by atoms with van der Waals surface area (Å²) in [6, 6.07) is -0.690. The summed E-state index contributed by atoms with van der Waals surface area (Å²) < 4.78 is 0. The summed E-state index contributed by atoms with van der Waals surface area (Å²) in [6.07, 6.45) is 1.66. The van der Waals surface area contributed by atoms with Crippen molar-refractivity contribution in [2.45, 2.75) is 32.5 Å². The number of carboxylic acid groups (broad SMARTS) is 1. The highest BCUT2D eigenvalue weighted by molar-refractivity contribution is 5.76. The standard InChI is InChI=1S/C14H23N3O4/c1-5-11-6-12(14(20)21)17(7-11)13(15-9(2)18)8-16(4)10(3)19/h5,11-13H,1,6-8H2,2-4H3,(H,15,18)(H,20,21)/t11-,12+,13?/m1/s1. The average Bonchev–Trinajstić information content (AvgIpc) is 2.81. The van der Waals surface area contributed by atoms with Crippen LogP contribution in [0.25, 0.3) is 0 Å². The highest BCUT2D eigenvalue weighted by Crippen LogP contribution is 2.26. The van der Waals surface area contributed by atoms with Gasteiger partial charge in [0.05, 0.1) is 6.54 Å². The summed E-state index contributed by atoms with van der Waals surface area (Å²) in [7, 11) is 1.62. The first-order valence-electron chi connectivity index (χ1n) is 6.86. The zero-order valence-electron chi connectivity index (χ0n) is 12.7. The molecular weight excluding hydrogens is 274 g/mol. The Balaban J connectivity index is 2.93. The Morgan fingerprint density at radius 3 is 2.52 bits per heavy atom. The van der Waals surface area contributed by atoms with Gasteiger partial charge in [0.2, 0.25) is 11.8 Å². The van der Waals surface area contributed by atoms with Crippen LogP contribution in [0.3, 0.4) is 0 Å². The van der Waals surface area contributed by atoms with Crippen LogP contribution in [0.4, 0.5) is 0 Å². The molecule has 7 heteroatoms. The van der Waals surface area contributed by atoms with Crippen LogP contribution < -0.4 is 5.32 Å². The highest BCUT2D eigenvalue weighted by atomic mass is 16.4.